The minimum absolute atomic E-state index is 0.0870. The van der Waals surface area contributed by atoms with Crippen LogP contribution in [-0.2, 0) is 20.8 Å². The van der Waals surface area contributed by atoms with E-state index in [1.807, 2.05) is 25.3 Å². The summed E-state index contributed by atoms with van der Waals surface area (Å²) in [5, 5.41) is 2.79. The van der Waals surface area contributed by atoms with Gasteiger partial charge in [-0.15, -0.1) is 0 Å². The molecular formula is C25H31N3O5. The molecule has 1 aliphatic rings. The number of carbonyl (C=O) groups excluding carboxylic acids is 3. The maximum Gasteiger partial charge on any atom is 0.340 e. The summed E-state index contributed by atoms with van der Waals surface area (Å²) in [6, 6.07) is 6.86. The van der Waals surface area contributed by atoms with E-state index >= 15 is 0 Å². The highest BCUT2D eigenvalue weighted by molar-refractivity contribution is 6.04. The largest absolute Gasteiger partial charge is 0.462 e. The molecule has 2 amide bonds. The standard InChI is InChI=1S/C25H31N3O5/c1-5-28-17(3)21(23(18(28)4)25(31)33-6-2)10-11-22(29)26-20-9-7-8-19(16-20)24(30)27-12-14-32-15-13-27/h7-11,16H,5-6,12-15H2,1-4H3,(H,26,29)/b11-10+. The first kappa shape index (κ1) is 24.3. The van der Waals surface area contributed by atoms with Gasteiger partial charge in [0.05, 0.1) is 25.4 Å². The van der Waals surface area contributed by atoms with Gasteiger partial charge >= 0.3 is 5.97 Å². The molecule has 0 saturated carbocycles. The van der Waals surface area contributed by atoms with E-state index in [0.717, 1.165) is 11.4 Å². The number of amides is 2. The van der Waals surface area contributed by atoms with Crippen LogP contribution in [0.15, 0.2) is 30.3 Å². The first-order valence-corrected chi connectivity index (χ1v) is 11.2. The van der Waals surface area contributed by atoms with Crippen molar-refractivity contribution < 1.29 is 23.9 Å². The first-order valence-electron chi connectivity index (χ1n) is 11.2. The highest BCUT2D eigenvalue weighted by Crippen LogP contribution is 2.25. The molecule has 1 N–H and O–H groups in total. The topological polar surface area (TPSA) is 89.9 Å². The van der Waals surface area contributed by atoms with Gasteiger partial charge in [0.25, 0.3) is 5.91 Å². The molecule has 0 spiro atoms. The number of esters is 1. The maximum absolute atomic E-state index is 12.7. The molecule has 176 valence electrons. The van der Waals surface area contributed by atoms with Crippen LogP contribution in [0.25, 0.3) is 6.08 Å². The van der Waals surface area contributed by atoms with Gasteiger partial charge in [0.2, 0.25) is 5.91 Å². The Hall–Kier alpha value is -3.39. The highest BCUT2D eigenvalue weighted by Gasteiger charge is 2.22. The van der Waals surface area contributed by atoms with Crippen LogP contribution in [0.1, 0.15) is 51.5 Å². The fourth-order valence-corrected chi connectivity index (χ4v) is 4.07. The second-order valence-electron chi connectivity index (χ2n) is 7.73. The summed E-state index contributed by atoms with van der Waals surface area (Å²) >= 11 is 0. The highest BCUT2D eigenvalue weighted by atomic mass is 16.5. The Labute approximate surface area is 194 Å². The van der Waals surface area contributed by atoms with Crippen molar-refractivity contribution in [2.24, 2.45) is 0 Å². The Kier molecular flexibility index (Phi) is 8.06. The molecule has 3 rings (SSSR count). The smallest absolute Gasteiger partial charge is 0.340 e. The Balaban J connectivity index is 1.77. The number of aromatic nitrogens is 1. The molecular weight excluding hydrogens is 422 g/mol. The maximum atomic E-state index is 12.7. The summed E-state index contributed by atoms with van der Waals surface area (Å²) in [4.78, 5) is 39.6. The molecule has 8 heteroatoms. The van der Waals surface area contributed by atoms with Gasteiger partial charge in [-0.05, 0) is 52.0 Å². The molecule has 0 atom stereocenters. The monoisotopic (exact) mass is 453 g/mol. The lowest BCUT2D eigenvalue weighted by Crippen LogP contribution is -2.40. The van der Waals surface area contributed by atoms with E-state index in [4.69, 9.17) is 9.47 Å². The number of nitrogens with one attached hydrogen (secondary N) is 1. The van der Waals surface area contributed by atoms with E-state index in [-0.39, 0.29) is 18.4 Å². The summed E-state index contributed by atoms with van der Waals surface area (Å²) in [7, 11) is 0. The average Bonchev–Trinajstić information content (AvgIpc) is 3.06. The van der Waals surface area contributed by atoms with Gasteiger partial charge in [-0.25, -0.2) is 4.79 Å². The van der Waals surface area contributed by atoms with Crippen molar-refractivity contribution in [1.29, 1.82) is 0 Å². The molecule has 2 heterocycles. The number of anilines is 1. The minimum Gasteiger partial charge on any atom is -0.462 e. The summed E-state index contributed by atoms with van der Waals surface area (Å²) in [6.45, 7) is 10.7. The van der Waals surface area contributed by atoms with E-state index in [2.05, 4.69) is 5.32 Å². The second kappa shape index (κ2) is 11.0. The van der Waals surface area contributed by atoms with Gasteiger partial charge in [-0.3, -0.25) is 9.59 Å². The number of carbonyl (C=O) groups is 3. The molecule has 33 heavy (non-hydrogen) atoms. The van der Waals surface area contributed by atoms with Crippen molar-refractivity contribution in [3.05, 3.63) is 58.4 Å². The molecule has 8 nitrogen and oxygen atoms in total. The van der Waals surface area contributed by atoms with Crippen LogP contribution in [0.5, 0.6) is 0 Å². The number of hydrogen-bond donors (Lipinski definition) is 1. The molecule has 0 aliphatic carbocycles. The Morgan fingerprint density at radius 2 is 1.85 bits per heavy atom. The number of nitrogens with zero attached hydrogens (tertiary/aromatic N) is 2. The van der Waals surface area contributed by atoms with Crippen LogP contribution >= 0.6 is 0 Å². The van der Waals surface area contributed by atoms with Crippen LogP contribution in [0.3, 0.4) is 0 Å². The number of hydrogen-bond acceptors (Lipinski definition) is 5. The molecule has 1 fully saturated rings. The fraction of sp³-hybridized carbons (Fsp3) is 0.400. The Morgan fingerprint density at radius 1 is 1.12 bits per heavy atom. The van der Waals surface area contributed by atoms with Crippen molar-refractivity contribution in [3.63, 3.8) is 0 Å². The van der Waals surface area contributed by atoms with E-state index < -0.39 is 5.97 Å². The van der Waals surface area contributed by atoms with Crippen molar-refractivity contribution in [1.82, 2.24) is 9.47 Å². The predicted octanol–water partition coefficient (Wildman–Crippen LogP) is 3.43. The summed E-state index contributed by atoms with van der Waals surface area (Å²) < 4.78 is 12.5. The second-order valence-corrected chi connectivity index (χ2v) is 7.73. The Morgan fingerprint density at radius 3 is 2.52 bits per heavy atom. The first-order chi connectivity index (χ1) is 15.9. The molecule has 0 unspecified atom stereocenters. The molecule has 0 bridgehead atoms. The van der Waals surface area contributed by atoms with Crippen LogP contribution in [-0.4, -0.2) is 60.2 Å². The summed E-state index contributed by atoms with van der Waals surface area (Å²) in [5.41, 5.74) is 3.86. The third-order valence-corrected chi connectivity index (χ3v) is 5.70. The molecule has 2 aromatic rings. The third-order valence-electron chi connectivity index (χ3n) is 5.70. The lowest BCUT2D eigenvalue weighted by molar-refractivity contribution is -0.111. The molecule has 1 aliphatic heterocycles. The molecule has 1 saturated heterocycles. The van der Waals surface area contributed by atoms with Crippen molar-refractivity contribution >= 4 is 29.5 Å². The van der Waals surface area contributed by atoms with Crippen molar-refractivity contribution in [2.75, 3.05) is 38.2 Å². The lowest BCUT2D eigenvalue weighted by atomic mass is 10.1. The SMILES string of the molecule is CCOC(=O)c1c(/C=C/C(=O)Nc2cccc(C(=O)N3CCOCC3)c2)c(C)n(CC)c1C. The zero-order valence-corrected chi connectivity index (χ0v) is 19.6. The van der Waals surface area contributed by atoms with E-state index in [1.165, 1.54) is 6.08 Å². The minimum atomic E-state index is -0.403. The predicted molar refractivity (Wildman–Crippen MR) is 126 cm³/mol. The number of rotatable bonds is 7. The van der Waals surface area contributed by atoms with Gasteiger partial charge in [-0.2, -0.15) is 0 Å². The molecule has 1 aromatic carbocycles. The number of ether oxygens (including phenoxy) is 2. The third kappa shape index (κ3) is 5.51. The van der Waals surface area contributed by atoms with Crippen LogP contribution in [0.4, 0.5) is 5.69 Å². The number of morpholine rings is 1. The zero-order valence-electron chi connectivity index (χ0n) is 19.6. The van der Waals surface area contributed by atoms with Crippen LogP contribution in [0.2, 0.25) is 0 Å². The molecule has 0 radical (unpaired) electrons. The zero-order chi connectivity index (χ0) is 24.0. The van der Waals surface area contributed by atoms with Crippen LogP contribution < -0.4 is 5.32 Å². The Bertz CT molecular complexity index is 1060. The van der Waals surface area contributed by atoms with E-state index in [1.54, 1.807) is 42.2 Å². The normalized spacial score (nSPS) is 13.9. The summed E-state index contributed by atoms with van der Waals surface area (Å²) in [5.74, 6) is -0.849. The average molecular weight is 454 g/mol. The summed E-state index contributed by atoms with van der Waals surface area (Å²) in [6.07, 6.45) is 3.03. The van der Waals surface area contributed by atoms with Gasteiger partial charge in [0.15, 0.2) is 0 Å². The van der Waals surface area contributed by atoms with Crippen molar-refractivity contribution in [2.45, 2.75) is 34.2 Å². The number of benzene rings is 1. The van der Waals surface area contributed by atoms with Gasteiger partial charge in [-0.1, -0.05) is 6.07 Å². The van der Waals surface area contributed by atoms with E-state index in [0.29, 0.717) is 55.2 Å². The van der Waals surface area contributed by atoms with Gasteiger partial charge < -0.3 is 24.3 Å². The van der Waals surface area contributed by atoms with Gasteiger partial charge in [0, 0.05) is 53.9 Å². The molecule has 1 aromatic heterocycles. The quantitative estimate of drug-likeness (QED) is 0.513. The van der Waals surface area contributed by atoms with Crippen molar-refractivity contribution in [3.8, 4) is 0 Å². The van der Waals surface area contributed by atoms with E-state index in [9.17, 15) is 14.4 Å². The van der Waals surface area contributed by atoms with Gasteiger partial charge in [0.1, 0.15) is 0 Å². The lowest BCUT2D eigenvalue weighted by Gasteiger charge is -2.27. The fourth-order valence-electron chi connectivity index (χ4n) is 4.07. The van der Waals surface area contributed by atoms with Crippen LogP contribution in [0, 0.1) is 13.8 Å².